The highest BCUT2D eigenvalue weighted by Gasteiger charge is 2.25. The van der Waals surface area contributed by atoms with Crippen molar-refractivity contribution in [3.63, 3.8) is 0 Å². The standard InChI is InChI=1S/C24H30N2O4S/c1-14(2)12-20-21(23(29)30-4)25-24(31-20)26-22(28)15(3)17-10-8-16(9-11-17)13-18-6-5-7-19(18)27/h8-11,14-15,18H,5-7,12-13H2,1-4H3,(H,25,26,28). The Morgan fingerprint density at radius 2 is 1.94 bits per heavy atom. The monoisotopic (exact) mass is 442 g/mol. The summed E-state index contributed by atoms with van der Waals surface area (Å²) in [5.74, 6) is -0.189. The van der Waals surface area contributed by atoms with Crippen LogP contribution in [0.2, 0.25) is 0 Å². The van der Waals surface area contributed by atoms with Gasteiger partial charge in [0, 0.05) is 17.2 Å². The van der Waals surface area contributed by atoms with E-state index in [9.17, 15) is 14.4 Å². The molecular weight excluding hydrogens is 412 g/mol. The fraction of sp³-hybridized carbons (Fsp3) is 0.500. The minimum Gasteiger partial charge on any atom is -0.464 e. The van der Waals surface area contributed by atoms with E-state index in [-0.39, 0.29) is 23.4 Å². The smallest absolute Gasteiger partial charge is 0.357 e. The molecule has 7 heteroatoms. The number of carbonyl (C=O) groups excluding carboxylic acids is 3. The predicted octanol–water partition coefficient (Wildman–Crippen LogP) is 4.78. The Kier molecular flexibility index (Phi) is 7.59. The van der Waals surface area contributed by atoms with Gasteiger partial charge in [-0.25, -0.2) is 9.78 Å². The van der Waals surface area contributed by atoms with E-state index in [0.717, 1.165) is 35.3 Å². The lowest BCUT2D eigenvalue weighted by Crippen LogP contribution is -2.19. The Morgan fingerprint density at radius 3 is 2.52 bits per heavy atom. The van der Waals surface area contributed by atoms with Crippen molar-refractivity contribution in [2.24, 2.45) is 11.8 Å². The number of Topliss-reactive ketones (excluding diaryl/α,β-unsaturated/α-hetero) is 1. The minimum absolute atomic E-state index is 0.139. The molecule has 1 heterocycles. The number of ether oxygens (including phenoxy) is 1. The molecule has 1 aromatic carbocycles. The molecule has 6 nitrogen and oxygen atoms in total. The maximum Gasteiger partial charge on any atom is 0.357 e. The lowest BCUT2D eigenvalue weighted by atomic mass is 9.94. The lowest BCUT2D eigenvalue weighted by Gasteiger charge is -2.13. The number of hydrogen-bond donors (Lipinski definition) is 1. The molecule has 1 fully saturated rings. The second-order valence-corrected chi connectivity index (χ2v) is 9.68. The fourth-order valence-corrected chi connectivity index (χ4v) is 5.03. The van der Waals surface area contributed by atoms with Crippen molar-refractivity contribution >= 4 is 34.1 Å². The summed E-state index contributed by atoms with van der Waals surface area (Å²) >= 11 is 1.32. The normalized spacial score (nSPS) is 17.1. The zero-order valence-corrected chi connectivity index (χ0v) is 19.4. The number of hydrogen-bond acceptors (Lipinski definition) is 6. The van der Waals surface area contributed by atoms with Crippen LogP contribution < -0.4 is 5.32 Å². The summed E-state index contributed by atoms with van der Waals surface area (Å²) in [6.07, 6.45) is 4.13. The van der Waals surface area contributed by atoms with Crippen LogP contribution in [0.5, 0.6) is 0 Å². The number of nitrogens with zero attached hydrogens (tertiary/aromatic N) is 1. The molecule has 1 aromatic heterocycles. The number of esters is 1. The first kappa shape index (κ1) is 23.1. The molecule has 2 atom stereocenters. The molecule has 0 saturated heterocycles. The van der Waals surface area contributed by atoms with Gasteiger partial charge in [0.15, 0.2) is 10.8 Å². The van der Waals surface area contributed by atoms with Gasteiger partial charge in [-0.15, -0.1) is 11.3 Å². The van der Waals surface area contributed by atoms with Gasteiger partial charge < -0.3 is 10.1 Å². The Labute approximate surface area is 187 Å². The number of nitrogens with one attached hydrogen (secondary N) is 1. The van der Waals surface area contributed by atoms with Crippen LogP contribution in [0.3, 0.4) is 0 Å². The van der Waals surface area contributed by atoms with Crippen LogP contribution >= 0.6 is 11.3 Å². The molecule has 2 unspecified atom stereocenters. The molecule has 0 spiro atoms. The van der Waals surface area contributed by atoms with Gasteiger partial charge in [0.25, 0.3) is 0 Å². The van der Waals surface area contributed by atoms with Crippen LogP contribution in [0.15, 0.2) is 24.3 Å². The van der Waals surface area contributed by atoms with E-state index in [1.807, 2.05) is 31.2 Å². The summed E-state index contributed by atoms with van der Waals surface area (Å²) < 4.78 is 4.83. The van der Waals surface area contributed by atoms with E-state index in [0.29, 0.717) is 29.7 Å². The molecule has 0 aliphatic heterocycles. The van der Waals surface area contributed by atoms with Gasteiger partial charge in [-0.05, 0) is 49.7 Å². The van der Waals surface area contributed by atoms with Crippen molar-refractivity contribution in [1.29, 1.82) is 0 Å². The van der Waals surface area contributed by atoms with E-state index >= 15 is 0 Å². The number of rotatable bonds is 8. The Morgan fingerprint density at radius 1 is 1.23 bits per heavy atom. The van der Waals surface area contributed by atoms with E-state index in [1.54, 1.807) is 0 Å². The number of methoxy groups -OCH3 is 1. The lowest BCUT2D eigenvalue weighted by molar-refractivity contribution is -0.120. The van der Waals surface area contributed by atoms with Gasteiger partial charge >= 0.3 is 5.97 Å². The second-order valence-electron chi connectivity index (χ2n) is 8.59. The number of carbonyl (C=O) groups is 3. The highest BCUT2D eigenvalue weighted by atomic mass is 32.1. The highest BCUT2D eigenvalue weighted by molar-refractivity contribution is 7.16. The molecule has 0 bridgehead atoms. The first-order chi connectivity index (χ1) is 14.8. The molecule has 1 aliphatic rings. The number of aromatic nitrogens is 1. The SMILES string of the molecule is COC(=O)c1nc(NC(=O)C(C)c2ccc(CC3CCCC3=O)cc2)sc1CC(C)C. The summed E-state index contributed by atoms with van der Waals surface area (Å²) in [7, 11) is 1.33. The van der Waals surface area contributed by atoms with E-state index in [2.05, 4.69) is 24.1 Å². The summed E-state index contributed by atoms with van der Waals surface area (Å²) in [5.41, 5.74) is 2.29. The van der Waals surface area contributed by atoms with Gasteiger partial charge in [0.05, 0.1) is 13.0 Å². The molecule has 1 aliphatic carbocycles. The molecule has 1 N–H and O–H groups in total. The number of ketones is 1. The third-order valence-electron chi connectivity index (χ3n) is 5.69. The maximum absolute atomic E-state index is 12.8. The Bertz CT molecular complexity index is 949. The highest BCUT2D eigenvalue weighted by Crippen LogP contribution is 2.29. The Hall–Kier alpha value is -2.54. The average Bonchev–Trinajstić information content (AvgIpc) is 3.32. The van der Waals surface area contributed by atoms with E-state index in [1.165, 1.54) is 18.4 Å². The van der Waals surface area contributed by atoms with E-state index in [4.69, 9.17) is 4.74 Å². The maximum atomic E-state index is 12.8. The molecule has 166 valence electrons. The van der Waals surface area contributed by atoms with Crippen molar-refractivity contribution in [3.8, 4) is 0 Å². The molecule has 3 rings (SSSR count). The topological polar surface area (TPSA) is 85.4 Å². The van der Waals surface area contributed by atoms with Crippen molar-refractivity contribution in [2.45, 2.75) is 58.8 Å². The second kappa shape index (κ2) is 10.2. The first-order valence-electron chi connectivity index (χ1n) is 10.8. The average molecular weight is 443 g/mol. The van der Waals surface area contributed by atoms with Crippen LogP contribution in [0, 0.1) is 11.8 Å². The van der Waals surface area contributed by atoms with E-state index < -0.39 is 5.97 Å². The third-order valence-corrected chi connectivity index (χ3v) is 6.68. The number of amides is 1. The fourth-order valence-electron chi connectivity index (χ4n) is 3.87. The molecule has 31 heavy (non-hydrogen) atoms. The third kappa shape index (κ3) is 5.79. The quantitative estimate of drug-likeness (QED) is 0.595. The van der Waals surface area contributed by atoms with Crippen LogP contribution in [0.25, 0.3) is 0 Å². The summed E-state index contributed by atoms with van der Waals surface area (Å²) in [4.78, 5) is 41.8. The number of anilines is 1. The van der Waals surface area contributed by atoms with Gasteiger partial charge in [-0.2, -0.15) is 0 Å². The summed E-state index contributed by atoms with van der Waals surface area (Å²) in [5, 5.41) is 3.26. The van der Waals surface area contributed by atoms with Gasteiger partial charge in [0.1, 0.15) is 5.78 Å². The van der Waals surface area contributed by atoms with Gasteiger partial charge in [0.2, 0.25) is 5.91 Å². The van der Waals surface area contributed by atoms with Gasteiger partial charge in [-0.1, -0.05) is 38.1 Å². The molecular formula is C24H30N2O4S. The zero-order chi connectivity index (χ0) is 22.5. The molecule has 1 amide bonds. The summed E-state index contributed by atoms with van der Waals surface area (Å²) in [6, 6.07) is 7.91. The number of benzene rings is 1. The predicted molar refractivity (Wildman–Crippen MR) is 122 cm³/mol. The minimum atomic E-state index is -0.489. The van der Waals surface area contributed by atoms with Crippen molar-refractivity contribution < 1.29 is 19.1 Å². The van der Waals surface area contributed by atoms with Gasteiger partial charge in [-0.3, -0.25) is 9.59 Å². The van der Waals surface area contributed by atoms with Crippen molar-refractivity contribution in [1.82, 2.24) is 4.98 Å². The molecule has 2 aromatic rings. The molecule has 1 saturated carbocycles. The van der Waals surface area contributed by atoms with Crippen molar-refractivity contribution in [2.75, 3.05) is 12.4 Å². The van der Waals surface area contributed by atoms with Crippen molar-refractivity contribution in [3.05, 3.63) is 46.0 Å². The largest absolute Gasteiger partial charge is 0.464 e. The zero-order valence-electron chi connectivity index (χ0n) is 18.6. The van der Waals surface area contributed by atoms with Crippen LogP contribution in [-0.2, 0) is 27.2 Å². The molecule has 0 radical (unpaired) electrons. The van der Waals surface area contributed by atoms with Crippen LogP contribution in [-0.4, -0.2) is 29.8 Å². The number of thiazole rings is 1. The van der Waals surface area contributed by atoms with Crippen LogP contribution in [0.1, 0.15) is 72.4 Å². The first-order valence-corrected chi connectivity index (χ1v) is 11.6. The Balaban J connectivity index is 1.66. The van der Waals surface area contributed by atoms with Crippen LogP contribution in [0.4, 0.5) is 5.13 Å². The summed E-state index contributed by atoms with van der Waals surface area (Å²) in [6.45, 7) is 5.97.